The highest BCUT2D eigenvalue weighted by Gasteiger charge is 2.13. The van der Waals surface area contributed by atoms with Crippen molar-refractivity contribution in [2.24, 2.45) is 5.73 Å². The van der Waals surface area contributed by atoms with Crippen molar-refractivity contribution in [3.05, 3.63) is 29.8 Å². The smallest absolute Gasteiger partial charge is 0.124 e. The summed E-state index contributed by atoms with van der Waals surface area (Å²) in [6.45, 7) is 4.06. The number of para-hydroxylation sites is 1. The summed E-state index contributed by atoms with van der Waals surface area (Å²) in [6.07, 6.45) is 0.729. The predicted molar refractivity (Wildman–Crippen MR) is 69.1 cm³/mol. The van der Waals surface area contributed by atoms with Crippen LogP contribution < -0.4 is 15.8 Å². The van der Waals surface area contributed by atoms with Crippen molar-refractivity contribution in [3.8, 4) is 5.75 Å². The highest BCUT2D eigenvalue weighted by atomic mass is 16.5. The number of benzene rings is 1. The second kappa shape index (κ2) is 8.06. The second-order valence-electron chi connectivity index (χ2n) is 3.79. The molecule has 0 aromatic heterocycles. The average molecular weight is 238 g/mol. The van der Waals surface area contributed by atoms with Crippen LogP contribution in [0.2, 0.25) is 0 Å². The number of hydrogen-bond acceptors (Lipinski definition) is 4. The van der Waals surface area contributed by atoms with Gasteiger partial charge in [0.25, 0.3) is 0 Å². The first-order valence-electron chi connectivity index (χ1n) is 6.09. The normalized spacial score (nSPS) is 12.4. The largest absolute Gasteiger partial charge is 0.494 e. The van der Waals surface area contributed by atoms with E-state index in [-0.39, 0.29) is 12.6 Å². The van der Waals surface area contributed by atoms with E-state index >= 15 is 0 Å². The van der Waals surface area contributed by atoms with Crippen LogP contribution in [0.3, 0.4) is 0 Å². The number of aliphatic hydroxyl groups excluding tert-OH is 1. The molecule has 0 saturated carbocycles. The Hall–Kier alpha value is -1.10. The quantitative estimate of drug-likeness (QED) is 0.592. The molecule has 0 fully saturated rings. The molecule has 1 aromatic rings. The Morgan fingerprint density at radius 3 is 2.82 bits per heavy atom. The van der Waals surface area contributed by atoms with Crippen LogP contribution in [-0.2, 0) is 0 Å². The Kier molecular flexibility index (Phi) is 6.62. The summed E-state index contributed by atoms with van der Waals surface area (Å²) in [4.78, 5) is 0. The van der Waals surface area contributed by atoms with Crippen molar-refractivity contribution >= 4 is 0 Å². The molecule has 0 aliphatic rings. The van der Waals surface area contributed by atoms with Gasteiger partial charge in [0, 0.05) is 24.8 Å². The minimum atomic E-state index is 0.0734. The van der Waals surface area contributed by atoms with E-state index < -0.39 is 0 Å². The first-order chi connectivity index (χ1) is 8.33. The lowest BCUT2D eigenvalue weighted by Crippen LogP contribution is -2.29. The summed E-state index contributed by atoms with van der Waals surface area (Å²) >= 11 is 0. The summed E-state index contributed by atoms with van der Waals surface area (Å²) < 4.78 is 5.58. The molecule has 0 radical (unpaired) electrons. The molecule has 0 saturated heterocycles. The van der Waals surface area contributed by atoms with Crippen molar-refractivity contribution in [1.29, 1.82) is 0 Å². The fourth-order valence-corrected chi connectivity index (χ4v) is 1.73. The molecule has 0 bridgehead atoms. The molecule has 1 aromatic carbocycles. The van der Waals surface area contributed by atoms with E-state index in [4.69, 9.17) is 15.6 Å². The molecule has 17 heavy (non-hydrogen) atoms. The van der Waals surface area contributed by atoms with Crippen LogP contribution in [0.5, 0.6) is 5.75 Å². The first kappa shape index (κ1) is 14.0. The summed E-state index contributed by atoms with van der Waals surface area (Å²) in [7, 11) is 0. The van der Waals surface area contributed by atoms with Crippen molar-refractivity contribution in [2.75, 3.05) is 26.3 Å². The Labute approximate surface area is 103 Å². The van der Waals surface area contributed by atoms with Crippen LogP contribution in [0.1, 0.15) is 24.9 Å². The van der Waals surface area contributed by atoms with Crippen molar-refractivity contribution < 1.29 is 9.84 Å². The Morgan fingerprint density at radius 2 is 2.18 bits per heavy atom. The number of ether oxygens (including phenoxy) is 1. The maximum atomic E-state index is 8.77. The molecule has 0 aliphatic carbocycles. The van der Waals surface area contributed by atoms with Crippen molar-refractivity contribution in [1.82, 2.24) is 5.32 Å². The second-order valence-corrected chi connectivity index (χ2v) is 3.79. The lowest BCUT2D eigenvalue weighted by Gasteiger charge is -2.20. The zero-order valence-electron chi connectivity index (χ0n) is 10.4. The molecule has 0 spiro atoms. The van der Waals surface area contributed by atoms with Gasteiger partial charge in [-0.2, -0.15) is 0 Å². The molecule has 4 N–H and O–H groups in total. The van der Waals surface area contributed by atoms with Gasteiger partial charge in [-0.15, -0.1) is 0 Å². The van der Waals surface area contributed by atoms with Crippen LogP contribution in [0.4, 0.5) is 0 Å². The van der Waals surface area contributed by atoms with E-state index in [1.807, 2.05) is 31.2 Å². The number of aliphatic hydroxyl groups is 1. The van der Waals surface area contributed by atoms with Crippen molar-refractivity contribution in [2.45, 2.75) is 19.4 Å². The zero-order chi connectivity index (χ0) is 12.5. The van der Waals surface area contributed by atoms with Crippen LogP contribution >= 0.6 is 0 Å². The molecule has 1 atom stereocenters. The fraction of sp³-hybridized carbons (Fsp3) is 0.538. The number of hydrogen-bond donors (Lipinski definition) is 3. The Balaban J connectivity index is 2.72. The predicted octanol–water partition coefficient (Wildman–Crippen LogP) is 1.06. The van der Waals surface area contributed by atoms with Crippen LogP contribution in [0.15, 0.2) is 24.3 Å². The molecule has 4 nitrogen and oxygen atoms in total. The van der Waals surface area contributed by atoms with E-state index in [1.54, 1.807) is 0 Å². The number of rotatable bonds is 8. The fourth-order valence-electron chi connectivity index (χ4n) is 1.73. The molecular weight excluding hydrogens is 216 g/mol. The zero-order valence-corrected chi connectivity index (χ0v) is 10.4. The number of nitrogens with two attached hydrogens (primary N) is 1. The van der Waals surface area contributed by atoms with Gasteiger partial charge in [-0.1, -0.05) is 18.2 Å². The highest BCUT2D eigenvalue weighted by Crippen LogP contribution is 2.24. The molecule has 1 unspecified atom stereocenters. The lowest BCUT2D eigenvalue weighted by atomic mass is 10.1. The third-order valence-electron chi connectivity index (χ3n) is 2.56. The maximum Gasteiger partial charge on any atom is 0.124 e. The van der Waals surface area contributed by atoms with E-state index in [2.05, 4.69) is 5.32 Å². The highest BCUT2D eigenvalue weighted by molar-refractivity contribution is 5.36. The van der Waals surface area contributed by atoms with E-state index in [0.29, 0.717) is 13.2 Å². The SMILES string of the molecule is CCOc1ccccc1C(CN)NCCCO. The molecule has 1 rings (SSSR count). The topological polar surface area (TPSA) is 67.5 Å². The third-order valence-corrected chi connectivity index (χ3v) is 2.56. The summed E-state index contributed by atoms with van der Waals surface area (Å²) in [6, 6.07) is 7.98. The van der Waals surface area contributed by atoms with Gasteiger partial charge in [0.05, 0.1) is 6.61 Å². The van der Waals surface area contributed by atoms with E-state index in [0.717, 1.165) is 24.3 Å². The number of nitrogens with one attached hydrogen (secondary N) is 1. The van der Waals surface area contributed by atoms with Gasteiger partial charge in [0.1, 0.15) is 5.75 Å². The van der Waals surface area contributed by atoms with Crippen LogP contribution in [0, 0.1) is 0 Å². The minimum Gasteiger partial charge on any atom is -0.494 e. The van der Waals surface area contributed by atoms with Crippen LogP contribution in [0.25, 0.3) is 0 Å². The summed E-state index contributed by atoms with van der Waals surface area (Å²) in [5, 5.41) is 12.1. The third kappa shape index (κ3) is 4.34. The monoisotopic (exact) mass is 238 g/mol. The maximum absolute atomic E-state index is 8.77. The van der Waals surface area contributed by atoms with Crippen LogP contribution in [-0.4, -0.2) is 31.4 Å². The van der Waals surface area contributed by atoms with Gasteiger partial charge in [-0.25, -0.2) is 0 Å². The van der Waals surface area contributed by atoms with Gasteiger partial charge in [-0.05, 0) is 26.0 Å². The lowest BCUT2D eigenvalue weighted by molar-refractivity contribution is 0.282. The van der Waals surface area contributed by atoms with E-state index in [9.17, 15) is 0 Å². The van der Waals surface area contributed by atoms with E-state index in [1.165, 1.54) is 0 Å². The molecule has 0 amide bonds. The Bertz CT molecular complexity index is 318. The van der Waals surface area contributed by atoms with Gasteiger partial charge in [0.2, 0.25) is 0 Å². The minimum absolute atomic E-state index is 0.0734. The van der Waals surface area contributed by atoms with Gasteiger partial charge < -0.3 is 20.9 Å². The molecular formula is C13H22N2O2. The average Bonchev–Trinajstić information content (AvgIpc) is 2.36. The first-order valence-corrected chi connectivity index (χ1v) is 6.09. The summed E-state index contributed by atoms with van der Waals surface area (Å²) in [5.41, 5.74) is 6.85. The van der Waals surface area contributed by atoms with Crippen molar-refractivity contribution in [3.63, 3.8) is 0 Å². The Morgan fingerprint density at radius 1 is 1.41 bits per heavy atom. The molecule has 0 heterocycles. The molecule has 4 heteroatoms. The van der Waals surface area contributed by atoms with Gasteiger partial charge in [0.15, 0.2) is 0 Å². The standard InChI is InChI=1S/C13H22N2O2/c1-2-17-13-7-4-3-6-11(13)12(10-14)15-8-5-9-16/h3-4,6-7,12,15-16H,2,5,8-10,14H2,1H3. The molecule has 0 aliphatic heterocycles. The summed E-state index contributed by atoms with van der Waals surface area (Å²) in [5.74, 6) is 0.877. The van der Waals surface area contributed by atoms with Gasteiger partial charge >= 0.3 is 0 Å². The molecule has 96 valence electrons. The van der Waals surface area contributed by atoms with Gasteiger partial charge in [-0.3, -0.25) is 0 Å².